The molecule has 1 aromatic rings. The van der Waals surface area contributed by atoms with E-state index in [4.69, 9.17) is 5.11 Å². The van der Waals surface area contributed by atoms with Gasteiger partial charge < -0.3 is 10.4 Å². The van der Waals surface area contributed by atoms with Crippen molar-refractivity contribution in [2.75, 3.05) is 16.8 Å². The number of anilines is 1. The van der Waals surface area contributed by atoms with Gasteiger partial charge >= 0.3 is 5.97 Å². The van der Waals surface area contributed by atoms with E-state index < -0.39 is 27.5 Å². The lowest BCUT2D eigenvalue weighted by Gasteiger charge is -2.09. The van der Waals surface area contributed by atoms with Crippen LogP contribution in [0.15, 0.2) is 35.3 Å². The van der Waals surface area contributed by atoms with E-state index in [1.54, 1.807) is 6.07 Å². The van der Waals surface area contributed by atoms with Gasteiger partial charge in [0.2, 0.25) is 5.91 Å². The highest BCUT2D eigenvalue weighted by atomic mass is 79.9. The minimum Gasteiger partial charge on any atom is -0.478 e. The molecule has 1 amide bonds. The summed E-state index contributed by atoms with van der Waals surface area (Å²) in [6.45, 7) is 3.29. The van der Waals surface area contributed by atoms with Crippen LogP contribution in [-0.2, 0) is 14.6 Å². The van der Waals surface area contributed by atoms with Crippen LogP contribution in [0, 0.1) is 0 Å². The fourth-order valence-electron chi connectivity index (χ4n) is 1.43. The molecule has 0 atom stereocenters. The molecule has 0 aromatic heterocycles. The highest BCUT2D eigenvalue weighted by Crippen LogP contribution is 2.21. The average Bonchev–Trinajstić information content (AvgIpc) is 2.30. The number of hydrogen-bond acceptors (Lipinski definition) is 4. The summed E-state index contributed by atoms with van der Waals surface area (Å²) in [7, 11) is -3.58. The summed E-state index contributed by atoms with van der Waals surface area (Å²) in [6.07, 6.45) is 1.19. The summed E-state index contributed by atoms with van der Waals surface area (Å²) in [5.74, 6) is -3.06. The Morgan fingerprint density at radius 2 is 2.05 bits per heavy atom. The topological polar surface area (TPSA) is 101 Å². The maximum atomic E-state index is 11.6. The molecule has 20 heavy (non-hydrogen) atoms. The lowest BCUT2D eigenvalue weighted by atomic mass is 10.2. The largest absolute Gasteiger partial charge is 0.478 e. The third-order valence-electron chi connectivity index (χ3n) is 2.21. The summed E-state index contributed by atoms with van der Waals surface area (Å²) in [4.78, 5) is 22.7. The van der Waals surface area contributed by atoms with Gasteiger partial charge in [-0.2, -0.15) is 0 Å². The smallest absolute Gasteiger partial charge is 0.337 e. The zero-order valence-electron chi connectivity index (χ0n) is 10.3. The second-order valence-electron chi connectivity index (χ2n) is 3.89. The third kappa shape index (κ3) is 4.78. The maximum Gasteiger partial charge on any atom is 0.337 e. The van der Waals surface area contributed by atoms with Gasteiger partial charge in [0.15, 0.2) is 9.84 Å². The molecular formula is C12H12BrNO5S. The van der Waals surface area contributed by atoms with Crippen LogP contribution in [0.3, 0.4) is 0 Å². The van der Waals surface area contributed by atoms with Crippen molar-refractivity contribution in [1.29, 1.82) is 0 Å². The van der Waals surface area contributed by atoms with Crippen LogP contribution >= 0.6 is 15.9 Å². The van der Waals surface area contributed by atoms with Crippen LogP contribution in [0.4, 0.5) is 5.69 Å². The van der Waals surface area contributed by atoms with E-state index in [1.165, 1.54) is 18.2 Å². The number of rotatable bonds is 6. The zero-order valence-corrected chi connectivity index (χ0v) is 12.7. The van der Waals surface area contributed by atoms with Gasteiger partial charge in [0.05, 0.1) is 17.0 Å². The second-order valence-corrected chi connectivity index (χ2v) is 6.91. The van der Waals surface area contributed by atoms with Gasteiger partial charge in [0.25, 0.3) is 0 Å². The highest BCUT2D eigenvalue weighted by molar-refractivity contribution is 9.10. The van der Waals surface area contributed by atoms with E-state index in [2.05, 4.69) is 27.8 Å². The van der Waals surface area contributed by atoms with Gasteiger partial charge in [-0.15, -0.1) is 6.58 Å². The first-order valence-corrected chi connectivity index (χ1v) is 8.00. The van der Waals surface area contributed by atoms with Crippen molar-refractivity contribution in [2.24, 2.45) is 0 Å². The van der Waals surface area contributed by atoms with Crippen molar-refractivity contribution in [1.82, 2.24) is 0 Å². The van der Waals surface area contributed by atoms with Crippen LogP contribution in [0.2, 0.25) is 0 Å². The number of carbonyl (C=O) groups is 2. The molecule has 0 saturated heterocycles. The number of carboxylic acids is 1. The van der Waals surface area contributed by atoms with Crippen LogP contribution in [-0.4, -0.2) is 36.9 Å². The van der Waals surface area contributed by atoms with Gasteiger partial charge in [0, 0.05) is 4.47 Å². The lowest BCUT2D eigenvalue weighted by molar-refractivity contribution is -0.113. The molecule has 1 rings (SSSR count). The number of carboxylic acid groups (broad SMARTS) is 1. The average molecular weight is 362 g/mol. The molecule has 6 nitrogen and oxygen atoms in total. The fourth-order valence-corrected chi connectivity index (χ4v) is 2.74. The van der Waals surface area contributed by atoms with E-state index in [-0.39, 0.29) is 17.0 Å². The van der Waals surface area contributed by atoms with E-state index in [0.29, 0.717) is 4.47 Å². The number of halogens is 1. The summed E-state index contributed by atoms with van der Waals surface area (Å²) in [5, 5.41) is 11.3. The first kappa shape index (κ1) is 16.4. The molecule has 0 aliphatic heterocycles. The van der Waals surface area contributed by atoms with E-state index in [1.807, 2.05) is 0 Å². The standard InChI is InChI=1S/C12H12BrNO5S/c1-2-5-20(18,19)7-11(15)14-10-4-3-8(13)6-9(10)12(16)17/h2-4,6H,1,5,7H2,(H,14,15)(H,16,17). The number of aromatic carboxylic acids is 1. The second kappa shape index (κ2) is 6.67. The highest BCUT2D eigenvalue weighted by Gasteiger charge is 2.18. The Morgan fingerprint density at radius 1 is 1.40 bits per heavy atom. The van der Waals surface area contributed by atoms with Crippen molar-refractivity contribution in [3.63, 3.8) is 0 Å². The Morgan fingerprint density at radius 3 is 2.60 bits per heavy atom. The first-order valence-electron chi connectivity index (χ1n) is 5.39. The molecule has 0 aliphatic rings. The summed E-state index contributed by atoms with van der Waals surface area (Å²) in [5.41, 5.74) is -0.0895. The van der Waals surface area contributed by atoms with Crippen molar-refractivity contribution in [3.05, 3.63) is 40.9 Å². The van der Waals surface area contributed by atoms with E-state index in [9.17, 15) is 18.0 Å². The van der Waals surface area contributed by atoms with E-state index >= 15 is 0 Å². The Labute approximate surface area is 124 Å². The van der Waals surface area contributed by atoms with Crippen molar-refractivity contribution >= 4 is 43.3 Å². The molecule has 0 fully saturated rings. The normalized spacial score (nSPS) is 10.8. The number of hydrogen-bond donors (Lipinski definition) is 2. The van der Waals surface area contributed by atoms with Gasteiger partial charge in [-0.1, -0.05) is 22.0 Å². The molecule has 2 N–H and O–H groups in total. The molecule has 0 saturated carbocycles. The molecule has 0 heterocycles. The minimum atomic E-state index is -3.58. The SMILES string of the molecule is C=CCS(=O)(=O)CC(=O)Nc1ccc(Br)cc1C(=O)O. The van der Waals surface area contributed by atoms with Gasteiger partial charge in [-0.3, -0.25) is 4.79 Å². The predicted molar refractivity (Wildman–Crippen MR) is 78.6 cm³/mol. The third-order valence-corrected chi connectivity index (χ3v) is 4.15. The number of carbonyl (C=O) groups excluding carboxylic acids is 1. The van der Waals surface area contributed by atoms with Gasteiger partial charge in [-0.25, -0.2) is 13.2 Å². The number of benzene rings is 1. The van der Waals surface area contributed by atoms with Crippen LogP contribution in [0.25, 0.3) is 0 Å². The maximum absolute atomic E-state index is 11.6. The van der Waals surface area contributed by atoms with Crippen LogP contribution < -0.4 is 5.32 Å². The molecule has 0 spiro atoms. The lowest BCUT2D eigenvalue weighted by Crippen LogP contribution is -2.25. The molecule has 1 aromatic carbocycles. The fraction of sp³-hybridized carbons (Fsp3) is 0.167. The van der Waals surface area contributed by atoms with E-state index in [0.717, 1.165) is 0 Å². The van der Waals surface area contributed by atoms with Crippen molar-refractivity contribution in [3.8, 4) is 0 Å². The number of amides is 1. The molecular weight excluding hydrogens is 350 g/mol. The summed E-state index contributed by atoms with van der Waals surface area (Å²) >= 11 is 3.12. The summed E-state index contributed by atoms with van der Waals surface area (Å²) in [6, 6.07) is 4.24. The molecule has 0 unspecified atom stereocenters. The quantitative estimate of drug-likeness (QED) is 0.750. The number of sulfone groups is 1. The Hall–Kier alpha value is -1.67. The predicted octanol–water partition coefficient (Wildman–Crippen LogP) is 1.69. The molecule has 0 bridgehead atoms. The van der Waals surface area contributed by atoms with Crippen molar-refractivity contribution in [2.45, 2.75) is 0 Å². The summed E-state index contributed by atoms with van der Waals surface area (Å²) < 4.78 is 23.4. The van der Waals surface area contributed by atoms with Crippen LogP contribution in [0.1, 0.15) is 10.4 Å². The van der Waals surface area contributed by atoms with Gasteiger partial charge in [0.1, 0.15) is 5.75 Å². The Kier molecular flexibility index (Phi) is 5.46. The minimum absolute atomic E-state index is 0.0412. The molecule has 8 heteroatoms. The molecule has 108 valence electrons. The Balaban J connectivity index is 2.91. The first-order chi connectivity index (χ1) is 9.25. The van der Waals surface area contributed by atoms with Crippen molar-refractivity contribution < 1.29 is 23.1 Å². The molecule has 0 aliphatic carbocycles. The van der Waals surface area contributed by atoms with Gasteiger partial charge in [-0.05, 0) is 18.2 Å². The van der Waals surface area contributed by atoms with Crippen LogP contribution in [0.5, 0.6) is 0 Å². The zero-order chi connectivity index (χ0) is 15.3. The Bertz CT molecular complexity index is 654. The molecule has 0 radical (unpaired) electrons. The number of nitrogens with one attached hydrogen (secondary N) is 1. The monoisotopic (exact) mass is 361 g/mol.